The zero-order chi connectivity index (χ0) is 34.8. The van der Waals surface area contributed by atoms with E-state index in [4.69, 9.17) is 28.4 Å². The van der Waals surface area contributed by atoms with Gasteiger partial charge in [-0.1, -0.05) is 12.5 Å². The third-order valence-corrected chi connectivity index (χ3v) is 8.26. The van der Waals surface area contributed by atoms with Crippen LogP contribution in [0.1, 0.15) is 56.2 Å². The van der Waals surface area contributed by atoms with Gasteiger partial charge in [0.25, 0.3) is 0 Å². The molecular formula is C36H45N3O9. The number of amides is 2. The number of carbonyl (C=O) groups is 2. The third kappa shape index (κ3) is 8.04. The highest BCUT2D eigenvalue weighted by atomic mass is 16.5. The van der Waals surface area contributed by atoms with E-state index >= 15 is 0 Å². The molecule has 0 aromatic heterocycles. The van der Waals surface area contributed by atoms with Crippen molar-refractivity contribution in [2.45, 2.75) is 51.5 Å². The Hall–Kier alpha value is -5.13. The Balaban J connectivity index is 1.46. The van der Waals surface area contributed by atoms with Gasteiger partial charge < -0.3 is 44.4 Å². The molecule has 0 bridgehead atoms. The predicted molar refractivity (Wildman–Crippen MR) is 184 cm³/mol. The molecule has 258 valence electrons. The van der Waals surface area contributed by atoms with E-state index in [1.54, 1.807) is 45.6 Å². The van der Waals surface area contributed by atoms with Gasteiger partial charge in [-0.2, -0.15) is 0 Å². The van der Waals surface area contributed by atoms with Crippen LogP contribution in [0.25, 0.3) is 11.1 Å². The SMILES string of the molecule is COc1cc(NC(=O)CCCCCNc2ccc3c(cc2=O)C(NC(C)=O)CCc2cc(OC)c(OC)c(OC)c2-3)cc(OC)c1OC. The van der Waals surface area contributed by atoms with Crippen molar-refractivity contribution in [3.8, 4) is 45.6 Å². The average molecular weight is 664 g/mol. The Morgan fingerprint density at radius 1 is 0.771 bits per heavy atom. The Morgan fingerprint density at radius 2 is 1.42 bits per heavy atom. The zero-order valence-electron chi connectivity index (χ0n) is 28.7. The Kier molecular flexibility index (Phi) is 12.4. The average Bonchev–Trinajstić information content (AvgIpc) is 3.32. The van der Waals surface area contributed by atoms with Gasteiger partial charge in [-0.05, 0) is 60.6 Å². The van der Waals surface area contributed by atoms with Crippen LogP contribution in [0.5, 0.6) is 34.5 Å². The first-order valence-corrected chi connectivity index (χ1v) is 15.8. The summed E-state index contributed by atoms with van der Waals surface area (Å²) in [6.07, 6.45) is 3.72. The van der Waals surface area contributed by atoms with Gasteiger partial charge in [-0.25, -0.2) is 0 Å². The van der Waals surface area contributed by atoms with E-state index in [-0.39, 0.29) is 23.3 Å². The molecule has 1 unspecified atom stereocenters. The molecule has 12 heteroatoms. The Labute approximate surface area is 281 Å². The maximum Gasteiger partial charge on any atom is 0.224 e. The molecule has 0 fully saturated rings. The summed E-state index contributed by atoms with van der Waals surface area (Å²) in [5.74, 6) is 2.53. The third-order valence-electron chi connectivity index (χ3n) is 8.26. The fraction of sp³-hybridized carbons (Fsp3) is 0.417. The van der Waals surface area contributed by atoms with Crippen LogP contribution < -0.4 is 49.8 Å². The van der Waals surface area contributed by atoms with Gasteiger partial charge in [0.05, 0.1) is 54.4 Å². The number of methoxy groups -OCH3 is 6. The Morgan fingerprint density at radius 3 is 2.02 bits per heavy atom. The van der Waals surface area contributed by atoms with E-state index in [0.717, 1.165) is 29.5 Å². The summed E-state index contributed by atoms with van der Waals surface area (Å²) in [5.41, 5.74) is 4.01. The maximum atomic E-state index is 13.5. The number of aryl methyl sites for hydroxylation is 1. The van der Waals surface area contributed by atoms with E-state index in [0.29, 0.717) is 83.7 Å². The summed E-state index contributed by atoms with van der Waals surface area (Å²) >= 11 is 0. The van der Waals surface area contributed by atoms with Crippen molar-refractivity contribution in [2.75, 3.05) is 59.8 Å². The molecule has 1 atom stereocenters. The van der Waals surface area contributed by atoms with Crippen molar-refractivity contribution in [3.63, 3.8) is 0 Å². The van der Waals surface area contributed by atoms with Crippen molar-refractivity contribution in [3.05, 3.63) is 57.7 Å². The highest BCUT2D eigenvalue weighted by Gasteiger charge is 2.29. The van der Waals surface area contributed by atoms with E-state index < -0.39 is 0 Å². The topological polar surface area (TPSA) is 143 Å². The molecule has 3 N–H and O–H groups in total. The second-order valence-corrected chi connectivity index (χ2v) is 11.3. The summed E-state index contributed by atoms with van der Waals surface area (Å²) in [5, 5.41) is 9.18. The van der Waals surface area contributed by atoms with Gasteiger partial charge in [0.2, 0.25) is 28.7 Å². The molecule has 1 aliphatic rings. The van der Waals surface area contributed by atoms with Crippen LogP contribution in [0.4, 0.5) is 11.4 Å². The number of benzene rings is 2. The largest absolute Gasteiger partial charge is 0.493 e. The molecule has 2 amide bonds. The normalized spacial score (nSPS) is 13.2. The van der Waals surface area contributed by atoms with E-state index in [1.807, 2.05) is 12.1 Å². The smallest absolute Gasteiger partial charge is 0.224 e. The van der Waals surface area contributed by atoms with Gasteiger partial charge in [0.1, 0.15) is 0 Å². The molecule has 0 aliphatic heterocycles. The van der Waals surface area contributed by atoms with Gasteiger partial charge in [-0.15, -0.1) is 0 Å². The first-order chi connectivity index (χ1) is 23.2. The van der Waals surface area contributed by atoms with Gasteiger partial charge in [-0.3, -0.25) is 14.4 Å². The molecule has 0 radical (unpaired) electrons. The second kappa shape index (κ2) is 16.6. The highest BCUT2D eigenvalue weighted by Crippen LogP contribution is 2.50. The number of fused-ring (bicyclic) bond motifs is 3. The number of nitrogens with one attached hydrogen (secondary N) is 3. The predicted octanol–water partition coefficient (Wildman–Crippen LogP) is 5.50. The van der Waals surface area contributed by atoms with Crippen molar-refractivity contribution in [2.24, 2.45) is 0 Å². The molecule has 3 aromatic rings. The van der Waals surface area contributed by atoms with Crippen molar-refractivity contribution in [1.29, 1.82) is 0 Å². The standard InChI is InChI=1S/C36H45N3O9/c1-21(40)38-26-14-12-22-17-29(43-2)35(47-6)36(48-7)33(22)24-13-15-27(28(41)20-25(24)26)37-16-10-8-9-11-32(42)39-23-18-30(44-3)34(46-5)31(19-23)45-4/h13,15,17-20,26H,8-12,14,16H2,1-7H3,(H,37,41)(H,38,40)(H,39,42). The summed E-state index contributed by atoms with van der Waals surface area (Å²) < 4.78 is 33.2. The van der Waals surface area contributed by atoms with Crippen LogP contribution in [0.2, 0.25) is 0 Å². The molecular weight excluding hydrogens is 618 g/mol. The molecule has 1 aliphatic carbocycles. The lowest BCUT2D eigenvalue weighted by Gasteiger charge is -2.19. The molecule has 0 heterocycles. The van der Waals surface area contributed by atoms with Crippen LogP contribution >= 0.6 is 0 Å². The lowest BCUT2D eigenvalue weighted by atomic mass is 9.95. The Bertz CT molecular complexity index is 1670. The molecule has 12 nitrogen and oxygen atoms in total. The highest BCUT2D eigenvalue weighted by molar-refractivity contribution is 5.91. The number of hydrogen-bond donors (Lipinski definition) is 3. The molecule has 0 saturated carbocycles. The number of rotatable bonds is 15. The number of hydrogen-bond acceptors (Lipinski definition) is 10. The maximum absolute atomic E-state index is 13.5. The fourth-order valence-electron chi connectivity index (χ4n) is 6.04. The number of ether oxygens (including phenoxy) is 6. The van der Waals surface area contributed by atoms with E-state index in [1.165, 1.54) is 28.3 Å². The van der Waals surface area contributed by atoms with E-state index in [2.05, 4.69) is 16.0 Å². The number of unbranched alkanes of at least 4 members (excludes halogenated alkanes) is 2. The molecule has 4 rings (SSSR count). The lowest BCUT2D eigenvalue weighted by molar-refractivity contribution is -0.119. The van der Waals surface area contributed by atoms with Gasteiger partial charge >= 0.3 is 0 Å². The van der Waals surface area contributed by atoms with E-state index in [9.17, 15) is 14.4 Å². The number of anilines is 2. The van der Waals surface area contributed by atoms with Crippen LogP contribution in [0.15, 0.2) is 41.2 Å². The minimum Gasteiger partial charge on any atom is -0.493 e. The van der Waals surface area contributed by atoms with Crippen LogP contribution in [0.3, 0.4) is 0 Å². The van der Waals surface area contributed by atoms with Gasteiger partial charge in [0, 0.05) is 43.3 Å². The zero-order valence-corrected chi connectivity index (χ0v) is 28.7. The van der Waals surface area contributed by atoms with Crippen LogP contribution in [-0.2, 0) is 16.0 Å². The first kappa shape index (κ1) is 35.7. The molecule has 0 spiro atoms. The van der Waals surface area contributed by atoms with Crippen molar-refractivity contribution in [1.82, 2.24) is 5.32 Å². The summed E-state index contributed by atoms with van der Waals surface area (Å²) in [4.78, 5) is 38.3. The summed E-state index contributed by atoms with van der Waals surface area (Å²) in [6, 6.07) is 10.2. The minimum absolute atomic E-state index is 0.130. The van der Waals surface area contributed by atoms with Crippen LogP contribution in [0, 0.1) is 0 Å². The lowest BCUT2D eigenvalue weighted by Crippen LogP contribution is -2.26. The first-order valence-electron chi connectivity index (χ1n) is 15.8. The monoisotopic (exact) mass is 663 g/mol. The minimum atomic E-state index is -0.384. The quantitative estimate of drug-likeness (QED) is 0.179. The molecule has 3 aromatic carbocycles. The molecule has 0 saturated heterocycles. The van der Waals surface area contributed by atoms with Crippen molar-refractivity contribution >= 4 is 23.2 Å². The van der Waals surface area contributed by atoms with Gasteiger partial charge in [0.15, 0.2) is 23.0 Å². The number of carbonyl (C=O) groups excluding carboxylic acids is 2. The fourth-order valence-corrected chi connectivity index (χ4v) is 6.04. The second-order valence-electron chi connectivity index (χ2n) is 11.3. The van der Waals surface area contributed by atoms with Crippen molar-refractivity contribution < 1.29 is 38.0 Å². The summed E-state index contributed by atoms with van der Waals surface area (Å²) in [7, 11) is 9.25. The molecule has 48 heavy (non-hydrogen) atoms. The van der Waals surface area contributed by atoms with Crippen LogP contribution in [-0.4, -0.2) is 61.0 Å². The summed E-state index contributed by atoms with van der Waals surface area (Å²) in [6.45, 7) is 2.01.